The maximum absolute atomic E-state index is 12.4. The summed E-state index contributed by atoms with van der Waals surface area (Å²) in [6.45, 7) is 4.52. The summed E-state index contributed by atoms with van der Waals surface area (Å²) < 4.78 is 13.3. The highest BCUT2D eigenvalue weighted by molar-refractivity contribution is 7.99. The van der Waals surface area contributed by atoms with Crippen LogP contribution in [-0.2, 0) is 11.3 Å². The zero-order valence-corrected chi connectivity index (χ0v) is 19.6. The highest BCUT2D eigenvalue weighted by atomic mass is 35.5. The molecule has 0 aliphatic rings. The van der Waals surface area contributed by atoms with Crippen LogP contribution in [0.15, 0.2) is 47.6 Å². The largest absolute Gasteiger partial charge is 0.493 e. The van der Waals surface area contributed by atoms with E-state index in [1.54, 1.807) is 25.3 Å². The molecule has 164 valence electrons. The molecule has 31 heavy (non-hydrogen) atoms. The van der Waals surface area contributed by atoms with Gasteiger partial charge < -0.3 is 19.4 Å². The Balaban J connectivity index is 1.66. The fourth-order valence-electron chi connectivity index (χ4n) is 2.87. The van der Waals surface area contributed by atoms with Crippen molar-refractivity contribution in [3.8, 4) is 11.5 Å². The molecule has 0 radical (unpaired) electrons. The summed E-state index contributed by atoms with van der Waals surface area (Å²) in [4.78, 5) is 12.4. The van der Waals surface area contributed by atoms with E-state index in [9.17, 15) is 4.79 Å². The Morgan fingerprint density at radius 1 is 1.19 bits per heavy atom. The van der Waals surface area contributed by atoms with Gasteiger partial charge in [-0.05, 0) is 44.2 Å². The molecule has 0 spiro atoms. The third-order valence-corrected chi connectivity index (χ3v) is 5.85. The number of carbonyl (C=O) groups excluding carboxylic acids is 1. The number of halogens is 2. The number of hydrogen-bond donors (Lipinski definition) is 1. The molecule has 1 atom stereocenters. The molecule has 0 fully saturated rings. The quantitative estimate of drug-likeness (QED) is 0.408. The van der Waals surface area contributed by atoms with E-state index in [1.165, 1.54) is 11.8 Å². The number of methoxy groups -OCH3 is 1. The first-order valence-electron chi connectivity index (χ1n) is 9.53. The standard InChI is InChI=1S/C21H22Cl2N4O3S/c1-4-27-20(13(2)30-18-8-6-5-7-17(18)29-3)25-26-21(27)31-12-19(28)24-16-10-9-14(22)11-15(16)23/h5-11,13H,4,12H2,1-3H3,(H,24,28). The Morgan fingerprint density at radius 3 is 2.61 bits per heavy atom. The molecule has 1 heterocycles. The Kier molecular flexibility index (Phi) is 8.06. The van der Waals surface area contributed by atoms with Gasteiger partial charge in [-0.15, -0.1) is 10.2 Å². The summed E-state index contributed by atoms with van der Waals surface area (Å²) in [5.41, 5.74) is 0.508. The van der Waals surface area contributed by atoms with E-state index < -0.39 is 0 Å². The van der Waals surface area contributed by atoms with Crippen LogP contribution in [0.2, 0.25) is 10.0 Å². The second-order valence-corrected chi connectivity index (χ2v) is 8.24. The summed E-state index contributed by atoms with van der Waals surface area (Å²) in [5.74, 6) is 1.87. The van der Waals surface area contributed by atoms with Crippen LogP contribution in [-0.4, -0.2) is 33.5 Å². The van der Waals surface area contributed by atoms with E-state index in [4.69, 9.17) is 32.7 Å². The lowest BCUT2D eigenvalue weighted by Crippen LogP contribution is -2.15. The lowest BCUT2D eigenvalue weighted by Gasteiger charge is -2.17. The van der Waals surface area contributed by atoms with Gasteiger partial charge in [-0.1, -0.05) is 47.1 Å². The molecule has 7 nitrogen and oxygen atoms in total. The number of rotatable bonds is 9. The van der Waals surface area contributed by atoms with Gasteiger partial charge in [0, 0.05) is 11.6 Å². The fourth-order valence-corrected chi connectivity index (χ4v) is 4.14. The fraction of sp³-hybridized carbons (Fsp3) is 0.286. The lowest BCUT2D eigenvalue weighted by atomic mass is 10.3. The van der Waals surface area contributed by atoms with Crippen LogP contribution >= 0.6 is 35.0 Å². The molecule has 1 unspecified atom stereocenters. The maximum Gasteiger partial charge on any atom is 0.234 e. The van der Waals surface area contributed by atoms with Crippen LogP contribution in [0.5, 0.6) is 11.5 Å². The first-order chi connectivity index (χ1) is 14.9. The minimum absolute atomic E-state index is 0.152. The number of amides is 1. The van der Waals surface area contributed by atoms with Crippen LogP contribution in [0.4, 0.5) is 5.69 Å². The molecule has 3 aromatic rings. The minimum atomic E-state index is -0.361. The van der Waals surface area contributed by atoms with Crippen molar-refractivity contribution < 1.29 is 14.3 Å². The van der Waals surface area contributed by atoms with Gasteiger partial charge in [0.15, 0.2) is 28.6 Å². The van der Waals surface area contributed by atoms with E-state index in [2.05, 4.69) is 15.5 Å². The second kappa shape index (κ2) is 10.7. The number of ether oxygens (including phenoxy) is 2. The first-order valence-corrected chi connectivity index (χ1v) is 11.3. The number of nitrogens with zero attached hydrogens (tertiary/aromatic N) is 3. The van der Waals surface area contributed by atoms with Gasteiger partial charge in [-0.2, -0.15) is 0 Å². The third kappa shape index (κ3) is 5.84. The van der Waals surface area contributed by atoms with E-state index >= 15 is 0 Å². The molecule has 1 N–H and O–H groups in total. The molecule has 2 aromatic carbocycles. The molecular weight excluding hydrogens is 459 g/mol. The Bertz CT molecular complexity index is 1060. The van der Waals surface area contributed by atoms with Gasteiger partial charge >= 0.3 is 0 Å². The van der Waals surface area contributed by atoms with E-state index in [0.29, 0.717) is 44.8 Å². The van der Waals surface area contributed by atoms with E-state index in [-0.39, 0.29) is 17.8 Å². The normalized spacial score (nSPS) is 11.8. The van der Waals surface area contributed by atoms with Crippen molar-refractivity contribution >= 4 is 46.6 Å². The summed E-state index contributed by atoms with van der Waals surface area (Å²) in [6, 6.07) is 12.3. The predicted molar refractivity (Wildman–Crippen MR) is 124 cm³/mol. The number of nitrogens with one attached hydrogen (secondary N) is 1. The van der Waals surface area contributed by atoms with Crippen LogP contribution in [0, 0.1) is 0 Å². The summed E-state index contributed by atoms with van der Waals surface area (Å²) in [5, 5.41) is 12.8. The number of thioether (sulfide) groups is 1. The zero-order chi connectivity index (χ0) is 22.4. The smallest absolute Gasteiger partial charge is 0.234 e. The van der Waals surface area contributed by atoms with Crippen molar-refractivity contribution in [1.82, 2.24) is 14.8 Å². The molecule has 0 saturated heterocycles. The predicted octanol–water partition coefficient (Wildman–Crippen LogP) is 5.48. The van der Waals surface area contributed by atoms with E-state index in [0.717, 1.165) is 0 Å². The topological polar surface area (TPSA) is 78.3 Å². The van der Waals surface area contributed by atoms with Crippen LogP contribution in [0.25, 0.3) is 0 Å². The third-order valence-electron chi connectivity index (χ3n) is 4.34. The molecule has 0 bridgehead atoms. The van der Waals surface area contributed by atoms with Crippen molar-refractivity contribution in [2.24, 2.45) is 0 Å². The van der Waals surface area contributed by atoms with Crippen LogP contribution in [0.1, 0.15) is 25.8 Å². The Morgan fingerprint density at radius 2 is 1.94 bits per heavy atom. The average Bonchev–Trinajstić information content (AvgIpc) is 3.17. The number of hydrogen-bond acceptors (Lipinski definition) is 6. The molecule has 0 aliphatic carbocycles. The summed E-state index contributed by atoms with van der Waals surface area (Å²) in [7, 11) is 1.60. The van der Waals surface area contributed by atoms with E-state index in [1.807, 2.05) is 42.7 Å². The molecular formula is C21H22Cl2N4O3S. The first kappa shape index (κ1) is 23.2. The lowest BCUT2D eigenvalue weighted by molar-refractivity contribution is -0.113. The van der Waals surface area contributed by atoms with Crippen LogP contribution < -0.4 is 14.8 Å². The van der Waals surface area contributed by atoms with Crippen LogP contribution in [0.3, 0.4) is 0 Å². The maximum atomic E-state index is 12.4. The van der Waals surface area contributed by atoms with Crippen molar-refractivity contribution in [1.29, 1.82) is 0 Å². The van der Waals surface area contributed by atoms with Gasteiger partial charge in [0.25, 0.3) is 0 Å². The number of aromatic nitrogens is 3. The molecule has 3 rings (SSSR count). The van der Waals surface area contributed by atoms with Gasteiger partial charge in [0.05, 0.1) is 23.6 Å². The molecule has 1 aromatic heterocycles. The zero-order valence-electron chi connectivity index (χ0n) is 17.3. The SMILES string of the molecule is CCn1c(SCC(=O)Nc2ccc(Cl)cc2Cl)nnc1C(C)Oc1ccccc1OC. The van der Waals surface area contributed by atoms with Gasteiger partial charge in [0.1, 0.15) is 0 Å². The van der Waals surface area contributed by atoms with Gasteiger partial charge in [-0.25, -0.2) is 0 Å². The molecule has 10 heteroatoms. The van der Waals surface area contributed by atoms with Crippen molar-refractivity contribution in [2.45, 2.75) is 31.7 Å². The Labute approximate surface area is 195 Å². The number of benzene rings is 2. The molecule has 0 aliphatic heterocycles. The van der Waals surface area contributed by atoms with Crippen molar-refractivity contribution in [3.05, 3.63) is 58.3 Å². The second-order valence-electron chi connectivity index (χ2n) is 6.46. The molecule has 1 amide bonds. The highest BCUT2D eigenvalue weighted by Gasteiger charge is 2.20. The van der Waals surface area contributed by atoms with Crippen molar-refractivity contribution in [3.63, 3.8) is 0 Å². The average molecular weight is 481 g/mol. The van der Waals surface area contributed by atoms with Crippen molar-refractivity contribution in [2.75, 3.05) is 18.2 Å². The number of para-hydroxylation sites is 2. The van der Waals surface area contributed by atoms with Gasteiger partial charge in [-0.3, -0.25) is 4.79 Å². The number of anilines is 1. The number of carbonyl (C=O) groups is 1. The highest BCUT2D eigenvalue weighted by Crippen LogP contribution is 2.31. The summed E-state index contributed by atoms with van der Waals surface area (Å²) in [6.07, 6.45) is -0.361. The molecule has 0 saturated carbocycles. The summed E-state index contributed by atoms with van der Waals surface area (Å²) >= 11 is 13.3. The van der Waals surface area contributed by atoms with Gasteiger partial charge in [0.2, 0.25) is 5.91 Å². The minimum Gasteiger partial charge on any atom is -0.493 e. The monoisotopic (exact) mass is 480 g/mol. The Hall–Kier alpha value is -2.42.